The van der Waals surface area contributed by atoms with Crippen LogP contribution in [0.3, 0.4) is 0 Å². The number of anilines is 1. The molecule has 1 aliphatic carbocycles. The van der Waals surface area contributed by atoms with Crippen molar-refractivity contribution in [1.82, 2.24) is 9.78 Å². The average molecular weight is 482 g/mol. The van der Waals surface area contributed by atoms with Crippen molar-refractivity contribution >= 4 is 29.8 Å². The Kier molecular flexibility index (Phi) is 7.42. The van der Waals surface area contributed by atoms with Crippen LogP contribution in [0.2, 0.25) is 0 Å². The molecule has 0 radical (unpaired) electrons. The van der Waals surface area contributed by atoms with E-state index in [9.17, 15) is 9.59 Å². The van der Waals surface area contributed by atoms with Gasteiger partial charge in [0.05, 0.1) is 11.7 Å². The van der Waals surface area contributed by atoms with E-state index in [4.69, 9.17) is 26.1 Å². The number of ether oxygens (including phenoxy) is 2. The van der Waals surface area contributed by atoms with E-state index in [1.165, 1.54) is 28.7 Å². The van der Waals surface area contributed by atoms with Gasteiger partial charge in [0.1, 0.15) is 12.3 Å². The van der Waals surface area contributed by atoms with Crippen LogP contribution in [0, 0.1) is 4.84 Å². The third-order valence-corrected chi connectivity index (χ3v) is 5.64. The Balaban J connectivity index is 1.34. The average Bonchev–Trinajstić information content (AvgIpc) is 3.16. The van der Waals surface area contributed by atoms with Crippen LogP contribution < -0.4 is 10.1 Å². The summed E-state index contributed by atoms with van der Waals surface area (Å²) >= 11 is 5.20. The molecule has 0 aliphatic heterocycles. The fraction of sp³-hybridized carbons (Fsp3) is 0.360. The van der Waals surface area contributed by atoms with Gasteiger partial charge in [0, 0.05) is 5.69 Å². The highest BCUT2D eigenvalue weighted by Crippen LogP contribution is 2.25. The summed E-state index contributed by atoms with van der Waals surface area (Å²) in [7, 11) is 0. The first kappa shape index (κ1) is 23.7. The Hall–Kier alpha value is -3.46. The maximum Gasteiger partial charge on any atom is 0.338 e. The number of carbonyl (C=O) groups is 2. The minimum atomic E-state index is -0.451. The van der Waals surface area contributed by atoms with Gasteiger partial charge in [-0.2, -0.15) is 0 Å². The molecule has 1 amide bonds. The highest BCUT2D eigenvalue weighted by molar-refractivity contribution is 7.71. The molecule has 0 saturated heterocycles. The van der Waals surface area contributed by atoms with Crippen LogP contribution in [0.1, 0.15) is 54.1 Å². The van der Waals surface area contributed by atoms with E-state index >= 15 is 0 Å². The van der Waals surface area contributed by atoms with Crippen molar-refractivity contribution in [1.29, 1.82) is 0 Å². The maximum absolute atomic E-state index is 12.5. The molecule has 0 bridgehead atoms. The third kappa shape index (κ3) is 6.11. The zero-order valence-electron chi connectivity index (χ0n) is 19.2. The van der Waals surface area contributed by atoms with Crippen LogP contribution in [-0.2, 0) is 35.5 Å². The van der Waals surface area contributed by atoms with E-state index in [2.05, 4.69) is 22.5 Å². The Morgan fingerprint density at radius 3 is 2.74 bits per heavy atom. The first-order chi connectivity index (χ1) is 16.4. The fourth-order valence-corrected chi connectivity index (χ4v) is 4.00. The Bertz CT molecular complexity index is 1250. The molecule has 9 heteroatoms. The number of nitrogens with one attached hydrogen (secondary N) is 1. The van der Waals surface area contributed by atoms with Gasteiger partial charge in [0.15, 0.2) is 6.61 Å². The molecule has 3 aromatic rings. The zero-order valence-corrected chi connectivity index (χ0v) is 20.0. The summed E-state index contributed by atoms with van der Waals surface area (Å²) in [6, 6.07) is 12.7. The maximum atomic E-state index is 12.5. The lowest BCUT2D eigenvalue weighted by molar-refractivity contribution is -0.117. The first-order valence-electron chi connectivity index (χ1n) is 11.3. The molecule has 8 nitrogen and oxygen atoms in total. The number of benzene rings is 2. The fourth-order valence-electron chi connectivity index (χ4n) is 3.79. The van der Waals surface area contributed by atoms with Crippen molar-refractivity contribution in [2.45, 2.75) is 58.8 Å². The monoisotopic (exact) mass is 481 g/mol. The lowest BCUT2D eigenvalue weighted by atomic mass is 9.92. The second-order valence-electron chi connectivity index (χ2n) is 8.43. The normalized spacial score (nSPS) is 12.8. The van der Waals surface area contributed by atoms with Gasteiger partial charge in [-0.15, -0.1) is 5.10 Å². The van der Waals surface area contributed by atoms with Crippen molar-refractivity contribution in [2.24, 2.45) is 0 Å². The zero-order chi connectivity index (χ0) is 24.1. The second-order valence-corrected chi connectivity index (χ2v) is 8.78. The molecule has 178 valence electrons. The molecule has 34 heavy (non-hydrogen) atoms. The van der Waals surface area contributed by atoms with Gasteiger partial charge >= 0.3 is 5.97 Å². The highest BCUT2D eigenvalue weighted by Gasteiger charge is 2.14. The first-order valence-corrected chi connectivity index (χ1v) is 11.7. The number of aryl methyl sites for hydroxylation is 2. The molecule has 0 unspecified atom stereocenters. The molecule has 4 rings (SSSR count). The van der Waals surface area contributed by atoms with Crippen LogP contribution in [0.25, 0.3) is 0 Å². The van der Waals surface area contributed by atoms with Crippen molar-refractivity contribution < 1.29 is 23.5 Å². The summed E-state index contributed by atoms with van der Waals surface area (Å²) in [4.78, 5) is 24.7. The van der Waals surface area contributed by atoms with Crippen LogP contribution in [0.15, 0.2) is 46.9 Å². The van der Waals surface area contributed by atoms with Gasteiger partial charge < -0.3 is 19.2 Å². The van der Waals surface area contributed by atoms with Crippen molar-refractivity contribution in [3.05, 3.63) is 69.9 Å². The number of rotatable bonds is 8. The Morgan fingerprint density at radius 2 is 1.94 bits per heavy atom. The number of hydrogen-bond donors (Lipinski definition) is 1. The minimum absolute atomic E-state index is 0.0773. The molecule has 0 atom stereocenters. The van der Waals surface area contributed by atoms with Crippen molar-refractivity contribution in [2.75, 3.05) is 5.32 Å². The quantitative estimate of drug-likeness (QED) is 0.362. The van der Waals surface area contributed by atoms with E-state index in [-0.39, 0.29) is 35.9 Å². The van der Waals surface area contributed by atoms with Crippen LogP contribution in [0.5, 0.6) is 5.75 Å². The number of hydrogen-bond acceptors (Lipinski definition) is 7. The van der Waals surface area contributed by atoms with E-state index in [1.54, 1.807) is 38.1 Å². The van der Waals surface area contributed by atoms with Gasteiger partial charge in [-0.25, -0.2) is 9.48 Å². The molecule has 1 heterocycles. The molecule has 1 aromatic heterocycles. The largest absolute Gasteiger partial charge is 0.484 e. The lowest BCUT2D eigenvalue weighted by Gasteiger charge is -2.16. The third-order valence-electron chi connectivity index (χ3n) is 5.35. The SMILES string of the molecule is CC(C)OC(=O)c1cccc(NC(=O)Cn2nc(COc3ccc4c(c3)CCCC4)oc2=S)c1. The van der Waals surface area contributed by atoms with E-state index < -0.39 is 5.97 Å². The van der Waals surface area contributed by atoms with Crippen molar-refractivity contribution in [3.8, 4) is 5.75 Å². The highest BCUT2D eigenvalue weighted by atomic mass is 32.1. The van der Waals surface area contributed by atoms with Crippen molar-refractivity contribution in [3.63, 3.8) is 0 Å². The van der Waals surface area contributed by atoms with Gasteiger partial charge in [-0.1, -0.05) is 12.1 Å². The van der Waals surface area contributed by atoms with E-state index in [0.717, 1.165) is 18.6 Å². The molecular formula is C25H27N3O5S. The predicted molar refractivity (Wildman–Crippen MR) is 128 cm³/mol. The molecule has 2 aromatic carbocycles. The summed E-state index contributed by atoms with van der Waals surface area (Å²) in [5, 5.41) is 6.99. The minimum Gasteiger partial charge on any atom is -0.484 e. The molecule has 0 spiro atoms. The number of fused-ring (bicyclic) bond motifs is 1. The van der Waals surface area contributed by atoms with Crippen LogP contribution in [-0.4, -0.2) is 27.8 Å². The molecular weight excluding hydrogens is 454 g/mol. The van der Waals surface area contributed by atoms with Gasteiger partial charge in [0.2, 0.25) is 5.91 Å². The standard InChI is InChI=1S/C25H27N3O5S/c1-16(2)32-24(30)19-8-5-9-20(12-19)26-22(29)14-28-25(34)33-23(27-28)15-31-21-11-10-17-6-3-4-7-18(17)13-21/h5,8-13,16H,3-4,6-7,14-15H2,1-2H3,(H,26,29). The number of aromatic nitrogens is 2. The van der Waals surface area contributed by atoms with Gasteiger partial charge in [-0.3, -0.25) is 4.79 Å². The predicted octanol–water partition coefficient (Wildman–Crippen LogP) is 4.87. The Morgan fingerprint density at radius 1 is 1.15 bits per heavy atom. The smallest absolute Gasteiger partial charge is 0.338 e. The summed E-state index contributed by atoms with van der Waals surface area (Å²) in [6.07, 6.45) is 4.38. The summed E-state index contributed by atoms with van der Waals surface area (Å²) in [5.41, 5.74) is 3.53. The lowest BCUT2D eigenvalue weighted by Crippen LogP contribution is -2.20. The number of esters is 1. The topological polar surface area (TPSA) is 95.6 Å². The van der Waals surface area contributed by atoms with E-state index in [1.807, 2.05) is 6.07 Å². The number of carbonyl (C=O) groups excluding carboxylic acids is 2. The molecule has 1 N–H and O–H groups in total. The van der Waals surface area contributed by atoms with Crippen LogP contribution in [0.4, 0.5) is 5.69 Å². The number of nitrogens with zero attached hydrogens (tertiary/aromatic N) is 2. The molecule has 0 saturated carbocycles. The van der Waals surface area contributed by atoms with Crippen LogP contribution >= 0.6 is 12.2 Å². The second kappa shape index (κ2) is 10.6. The number of amides is 1. The van der Waals surface area contributed by atoms with E-state index in [0.29, 0.717) is 11.3 Å². The van der Waals surface area contributed by atoms with Gasteiger partial charge in [-0.05, 0) is 93.2 Å². The summed E-state index contributed by atoms with van der Waals surface area (Å²) in [5.74, 6) is 0.230. The molecule has 0 fully saturated rings. The summed E-state index contributed by atoms with van der Waals surface area (Å²) in [6.45, 7) is 3.52. The molecule has 1 aliphatic rings. The summed E-state index contributed by atoms with van der Waals surface area (Å²) < 4.78 is 17.8. The van der Waals surface area contributed by atoms with Gasteiger partial charge in [0.25, 0.3) is 10.7 Å². The Labute approximate surface area is 202 Å².